The Bertz CT molecular complexity index is 1010. The Morgan fingerprint density at radius 3 is 2.38 bits per heavy atom. The molecule has 2 aromatic rings. The van der Waals surface area contributed by atoms with Crippen LogP contribution in [0.3, 0.4) is 0 Å². The number of imide groups is 1. The summed E-state index contributed by atoms with van der Waals surface area (Å²) >= 11 is 6.44. The van der Waals surface area contributed by atoms with Crippen molar-refractivity contribution >= 4 is 29.3 Å². The van der Waals surface area contributed by atoms with Gasteiger partial charge in [-0.05, 0) is 43.4 Å². The van der Waals surface area contributed by atoms with E-state index in [1.54, 1.807) is 43.4 Å². The number of likely N-dealkylation sites (tertiary alicyclic amines) is 1. The van der Waals surface area contributed by atoms with Gasteiger partial charge in [-0.2, -0.15) is 0 Å². The van der Waals surface area contributed by atoms with Crippen LogP contribution in [-0.2, 0) is 26.3 Å². The molecule has 0 spiro atoms. The van der Waals surface area contributed by atoms with Crippen molar-refractivity contribution in [2.75, 3.05) is 34.2 Å². The van der Waals surface area contributed by atoms with Gasteiger partial charge < -0.3 is 9.80 Å². The minimum atomic E-state index is -1.35. The summed E-state index contributed by atoms with van der Waals surface area (Å²) in [6.45, 7) is 1.02. The zero-order valence-electron chi connectivity index (χ0n) is 18.5. The highest BCUT2D eigenvalue weighted by Crippen LogP contribution is 2.43. The Balaban J connectivity index is 1.89. The first kappa shape index (κ1) is 23.9. The number of likely N-dealkylation sites (N-methyl/N-ethyl adjacent to an activating group) is 1. The average Bonchev–Trinajstić information content (AvgIpc) is 2.98. The third kappa shape index (κ3) is 5.00. The summed E-state index contributed by atoms with van der Waals surface area (Å²) in [6, 6.07) is 12.7. The van der Waals surface area contributed by atoms with Crippen LogP contribution in [0.15, 0.2) is 48.5 Å². The smallest absolute Gasteiger partial charge is 0.240 e. The lowest BCUT2D eigenvalue weighted by atomic mass is 9.75. The first-order chi connectivity index (χ1) is 15.1. The van der Waals surface area contributed by atoms with E-state index in [4.69, 9.17) is 11.6 Å². The van der Waals surface area contributed by atoms with Crippen molar-refractivity contribution in [3.63, 3.8) is 0 Å². The summed E-state index contributed by atoms with van der Waals surface area (Å²) in [4.78, 5) is 44.2. The molecule has 3 rings (SSSR count). The van der Waals surface area contributed by atoms with E-state index in [0.717, 1.165) is 5.56 Å². The summed E-state index contributed by atoms with van der Waals surface area (Å²) in [5.74, 6) is -1.37. The van der Waals surface area contributed by atoms with E-state index in [0.29, 0.717) is 17.1 Å². The monoisotopic (exact) mass is 459 g/mol. The second kappa shape index (κ2) is 9.79. The van der Waals surface area contributed by atoms with Crippen LogP contribution < -0.4 is 0 Å². The molecule has 0 aliphatic carbocycles. The number of carbonyl (C=O) groups excluding carboxylic acids is 3. The highest BCUT2D eigenvalue weighted by atomic mass is 35.5. The predicted molar refractivity (Wildman–Crippen MR) is 121 cm³/mol. The molecule has 0 N–H and O–H groups in total. The van der Waals surface area contributed by atoms with E-state index in [1.165, 1.54) is 21.9 Å². The van der Waals surface area contributed by atoms with Crippen molar-refractivity contribution in [3.8, 4) is 0 Å². The van der Waals surface area contributed by atoms with Gasteiger partial charge in [-0.15, -0.1) is 0 Å². The molecule has 1 unspecified atom stereocenters. The Morgan fingerprint density at radius 2 is 1.75 bits per heavy atom. The van der Waals surface area contributed by atoms with E-state index in [2.05, 4.69) is 0 Å². The summed E-state index contributed by atoms with van der Waals surface area (Å²) in [5, 5.41) is 0.345. The maximum atomic E-state index is 13.6. The van der Waals surface area contributed by atoms with Gasteiger partial charge in [0.1, 0.15) is 5.82 Å². The summed E-state index contributed by atoms with van der Waals surface area (Å²) in [6.07, 6.45) is -0.295. The molecule has 1 atom stereocenters. The van der Waals surface area contributed by atoms with Crippen molar-refractivity contribution in [1.29, 1.82) is 0 Å². The first-order valence-electron chi connectivity index (χ1n) is 10.4. The van der Waals surface area contributed by atoms with Crippen molar-refractivity contribution in [1.82, 2.24) is 14.7 Å². The second-order valence-electron chi connectivity index (χ2n) is 8.45. The summed E-state index contributed by atoms with van der Waals surface area (Å²) in [7, 11) is 5.34. The Hall–Kier alpha value is -2.77. The molecule has 1 aliphatic rings. The van der Waals surface area contributed by atoms with Gasteiger partial charge in [-0.1, -0.05) is 41.9 Å². The van der Waals surface area contributed by atoms with E-state index < -0.39 is 11.3 Å². The number of halogens is 2. The fourth-order valence-corrected chi connectivity index (χ4v) is 4.28. The fraction of sp³-hybridized carbons (Fsp3) is 0.375. The third-order valence-electron chi connectivity index (χ3n) is 5.78. The molecule has 1 heterocycles. The van der Waals surface area contributed by atoms with Crippen LogP contribution in [0.25, 0.3) is 0 Å². The molecule has 0 saturated carbocycles. The van der Waals surface area contributed by atoms with E-state index in [9.17, 15) is 18.8 Å². The molecule has 0 radical (unpaired) electrons. The van der Waals surface area contributed by atoms with Crippen LogP contribution >= 0.6 is 11.6 Å². The standard InChI is InChI=1S/C24H27ClFN3O3/c1-27(2)12-13-29-22(31)15-24(23(29)32,19-6-4-5-7-20(19)25)14-21(30)28(3)16-17-8-10-18(26)11-9-17/h4-11H,12-16H2,1-3H3. The zero-order chi connectivity index (χ0) is 23.5. The fourth-order valence-electron chi connectivity index (χ4n) is 3.97. The molecule has 32 heavy (non-hydrogen) atoms. The molecule has 170 valence electrons. The van der Waals surface area contributed by atoms with Gasteiger partial charge in [-0.25, -0.2) is 4.39 Å². The lowest BCUT2D eigenvalue weighted by Crippen LogP contribution is -2.44. The molecule has 8 heteroatoms. The molecule has 3 amide bonds. The third-order valence-corrected chi connectivity index (χ3v) is 6.11. The van der Waals surface area contributed by atoms with Crippen molar-refractivity contribution < 1.29 is 18.8 Å². The van der Waals surface area contributed by atoms with E-state index in [-0.39, 0.29) is 43.6 Å². The molecule has 1 aliphatic heterocycles. The minimum Gasteiger partial charge on any atom is -0.341 e. The van der Waals surface area contributed by atoms with Crippen molar-refractivity contribution in [2.45, 2.75) is 24.8 Å². The normalized spacial score (nSPS) is 18.5. The largest absolute Gasteiger partial charge is 0.341 e. The van der Waals surface area contributed by atoms with Gasteiger partial charge in [0.15, 0.2) is 0 Å². The zero-order valence-corrected chi connectivity index (χ0v) is 19.2. The van der Waals surface area contributed by atoms with Crippen molar-refractivity contribution in [2.24, 2.45) is 0 Å². The minimum absolute atomic E-state index is 0.112. The number of hydrogen-bond acceptors (Lipinski definition) is 4. The SMILES string of the molecule is CN(C)CCN1C(=O)CC(CC(=O)N(C)Cc2ccc(F)cc2)(c2ccccc2Cl)C1=O. The summed E-state index contributed by atoms with van der Waals surface area (Å²) < 4.78 is 13.2. The van der Waals surface area contributed by atoms with Gasteiger partial charge in [0, 0.05) is 44.5 Å². The van der Waals surface area contributed by atoms with E-state index in [1.807, 2.05) is 19.0 Å². The van der Waals surface area contributed by atoms with Crippen LogP contribution in [-0.4, -0.2) is 66.7 Å². The topological polar surface area (TPSA) is 60.9 Å². The Morgan fingerprint density at radius 1 is 1.09 bits per heavy atom. The number of hydrogen-bond donors (Lipinski definition) is 0. The van der Waals surface area contributed by atoms with Crippen molar-refractivity contribution in [3.05, 3.63) is 70.5 Å². The number of carbonyl (C=O) groups is 3. The Labute approximate surface area is 192 Å². The average molecular weight is 460 g/mol. The maximum absolute atomic E-state index is 13.6. The molecule has 2 aromatic carbocycles. The molecular weight excluding hydrogens is 433 g/mol. The lowest BCUT2D eigenvalue weighted by Gasteiger charge is -2.30. The molecule has 6 nitrogen and oxygen atoms in total. The second-order valence-corrected chi connectivity index (χ2v) is 8.85. The van der Waals surface area contributed by atoms with Crippen LogP contribution in [0.5, 0.6) is 0 Å². The van der Waals surface area contributed by atoms with Crippen LogP contribution in [0, 0.1) is 5.82 Å². The van der Waals surface area contributed by atoms with E-state index >= 15 is 0 Å². The van der Waals surface area contributed by atoms with Gasteiger partial charge in [0.25, 0.3) is 0 Å². The highest BCUT2D eigenvalue weighted by Gasteiger charge is 2.54. The number of rotatable bonds is 8. The Kier molecular flexibility index (Phi) is 7.31. The first-order valence-corrected chi connectivity index (χ1v) is 10.7. The number of nitrogens with zero attached hydrogens (tertiary/aromatic N) is 3. The maximum Gasteiger partial charge on any atom is 0.240 e. The van der Waals surface area contributed by atoms with Gasteiger partial charge >= 0.3 is 0 Å². The van der Waals surface area contributed by atoms with Gasteiger partial charge in [-0.3, -0.25) is 19.3 Å². The van der Waals surface area contributed by atoms with Gasteiger partial charge in [0.2, 0.25) is 17.7 Å². The molecule has 1 fully saturated rings. The highest BCUT2D eigenvalue weighted by molar-refractivity contribution is 6.32. The lowest BCUT2D eigenvalue weighted by molar-refractivity contribution is -0.142. The number of amides is 3. The number of benzene rings is 2. The van der Waals surface area contributed by atoms with Crippen LogP contribution in [0.4, 0.5) is 4.39 Å². The quantitative estimate of drug-likeness (QED) is 0.569. The molecule has 1 saturated heterocycles. The molecule has 0 aromatic heterocycles. The molecule has 0 bridgehead atoms. The summed E-state index contributed by atoms with van der Waals surface area (Å²) in [5.41, 5.74) is -0.109. The van der Waals surface area contributed by atoms with Crippen LogP contribution in [0.2, 0.25) is 5.02 Å². The molecular formula is C24H27ClFN3O3. The van der Waals surface area contributed by atoms with Crippen LogP contribution in [0.1, 0.15) is 24.0 Å². The van der Waals surface area contributed by atoms with Gasteiger partial charge in [0.05, 0.1) is 5.41 Å². The predicted octanol–water partition coefficient (Wildman–Crippen LogP) is 3.09.